The third-order valence-electron chi connectivity index (χ3n) is 2.84. The molecule has 0 rings (SSSR count). The van der Waals surface area contributed by atoms with Gasteiger partial charge in [0.1, 0.15) is 0 Å². The molecular weight excluding hydrogens is 164 g/mol. The normalized spacial score (nSPS) is 13.0. The molecule has 1 nitrogen and oxygen atoms in total. The van der Waals surface area contributed by atoms with Gasteiger partial charge in [0.25, 0.3) is 0 Å². The van der Waals surface area contributed by atoms with E-state index in [2.05, 4.69) is 27.7 Å². The van der Waals surface area contributed by atoms with Gasteiger partial charge in [0.15, 0.2) is 9.76 Å². The Balaban J connectivity index is 3.76. The van der Waals surface area contributed by atoms with E-state index in [4.69, 9.17) is 4.43 Å². The first-order valence-electron chi connectivity index (χ1n) is 5.38. The van der Waals surface area contributed by atoms with Crippen molar-refractivity contribution in [2.24, 2.45) is 0 Å². The average molecular weight is 188 g/mol. The van der Waals surface area contributed by atoms with Crippen molar-refractivity contribution >= 4 is 9.76 Å². The second-order valence-electron chi connectivity index (χ2n) is 3.45. The molecule has 0 aliphatic rings. The lowest BCUT2D eigenvalue weighted by atomic mass is 9.95. The Kier molecular flexibility index (Phi) is 6.77. The van der Waals surface area contributed by atoms with Crippen molar-refractivity contribution in [3.05, 3.63) is 0 Å². The van der Waals surface area contributed by atoms with E-state index in [1.165, 1.54) is 31.7 Å². The summed E-state index contributed by atoms with van der Waals surface area (Å²) in [5.41, 5.74) is 0.237. The van der Waals surface area contributed by atoms with Gasteiger partial charge in [-0.05, 0) is 25.3 Å². The standard InChI is InChI=1S/C10H24OSi/c1-5-9-12-11-10(6-2,7-3)8-4/h5-9,12H2,1-4H3. The summed E-state index contributed by atoms with van der Waals surface area (Å²) in [6, 6.07) is 1.34. The monoisotopic (exact) mass is 188 g/mol. The van der Waals surface area contributed by atoms with Crippen LogP contribution >= 0.6 is 0 Å². The molecule has 0 aliphatic carbocycles. The molecule has 74 valence electrons. The maximum absolute atomic E-state index is 6.06. The maximum atomic E-state index is 6.06. The van der Waals surface area contributed by atoms with Gasteiger partial charge in [0, 0.05) is 0 Å². The van der Waals surface area contributed by atoms with E-state index < -0.39 is 0 Å². The lowest BCUT2D eigenvalue weighted by molar-refractivity contribution is 0.0601. The molecule has 0 atom stereocenters. The molecule has 12 heavy (non-hydrogen) atoms. The van der Waals surface area contributed by atoms with Crippen LogP contribution in [0.1, 0.15) is 53.4 Å². The van der Waals surface area contributed by atoms with E-state index in [0.29, 0.717) is 0 Å². The first-order chi connectivity index (χ1) is 5.74. The summed E-state index contributed by atoms with van der Waals surface area (Å²) in [5.74, 6) is 0. The van der Waals surface area contributed by atoms with E-state index in [-0.39, 0.29) is 15.4 Å². The van der Waals surface area contributed by atoms with Gasteiger partial charge >= 0.3 is 0 Å². The molecule has 0 bridgehead atoms. The lowest BCUT2D eigenvalue weighted by Crippen LogP contribution is -2.31. The fourth-order valence-electron chi connectivity index (χ4n) is 1.49. The van der Waals surface area contributed by atoms with Gasteiger partial charge < -0.3 is 4.43 Å². The van der Waals surface area contributed by atoms with Crippen LogP contribution in [0.2, 0.25) is 6.04 Å². The van der Waals surface area contributed by atoms with Crippen LogP contribution in [0.5, 0.6) is 0 Å². The van der Waals surface area contributed by atoms with Crippen LogP contribution in [-0.4, -0.2) is 15.4 Å². The maximum Gasteiger partial charge on any atom is 0.162 e. The quantitative estimate of drug-likeness (QED) is 0.441. The molecule has 0 aromatic carbocycles. The number of rotatable bonds is 7. The molecule has 0 amide bonds. The Labute approximate surface area is 79.8 Å². The second kappa shape index (κ2) is 6.67. The zero-order valence-electron chi connectivity index (χ0n) is 9.15. The summed E-state index contributed by atoms with van der Waals surface area (Å²) < 4.78 is 6.06. The van der Waals surface area contributed by atoms with Gasteiger partial charge in [-0.3, -0.25) is 0 Å². The Morgan fingerprint density at radius 1 is 1.00 bits per heavy atom. The van der Waals surface area contributed by atoms with Crippen molar-refractivity contribution in [1.82, 2.24) is 0 Å². The topological polar surface area (TPSA) is 9.23 Å². The highest BCUT2D eigenvalue weighted by Crippen LogP contribution is 2.23. The SMILES string of the molecule is CCC[SiH2]OC(CC)(CC)CC. The van der Waals surface area contributed by atoms with Crippen molar-refractivity contribution < 1.29 is 4.43 Å². The molecule has 2 heteroatoms. The third-order valence-corrected chi connectivity index (χ3v) is 4.65. The Morgan fingerprint density at radius 2 is 1.50 bits per heavy atom. The van der Waals surface area contributed by atoms with Crippen molar-refractivity contribution in [3.8, 4) is 0 Å². The van der Waals surface area contributed by atoms with Crippen LogP contribution in [-0.2, 0) is 4.43 Å². The van der Waals surface area contributed by atoms with Crippen LogP contribution in [0.25, 0.3) is 0 Å². The summed E-state index contributed by atoms with van der Waals surface area (Å²) in [7, 11) is -0.226. The van der Waals surface area contributed by atoms with Gasteiger partial charge in [0.2, 0.25) is 0 Å². The second-order valence-corrected chi connectivity index (χ2v) is 4.85. The van der Waals surface area contributed by atoms with E-state index in [1.54, 1.807) is 0 Å². The first-order valence-corrected chi connectivity index (χ1v) is 6.96. The average Bonchev–Trinajstić information content (AvgIpc) is 2.14. The van der Waals surface area contributed by atoms with Crippen LogP contribution < -0.4 is 0 Å². The van der Waals surface area contributed by atoms with Gasteiger partial charge in [-0.15, -0.1) is 0 Å². The molecule has 0 heterocycles. The highest BCUT2D eigenvalue weighted by molar-refractivity contribution is 6.27. The summed E-state index contributed by atoms with van der Waals surface area (Å²) in [5, 5.41) is 0. The van der Waals surface area contributed by atoms with Gasteiger partial charge in [-0.2, -0.15) is 0 Å². The molecule has 0 aromatic rings. The summed E-state index contributed by atoms with van der Waals surface area (Å²) in [4.78, 5) is 0. The highest BCUT2D eigenvalue weighted by Gasteiger charge is 2.23. The van der Waals surface area contributed by atoms with E-state index in [0.717, 1.165) is 0 Å². The number of hydrogen-bond donors (Lipinski definition) is 0. The highest BCUT2D eigenvalue weighted by atomic mass is 28.2. The molecule has 0 saturated carbocycles. The van der Waals surface area contributed by atoms with Gasteiger partial charge in [0.05, 0.1) is 5.60 Å². The third kappa shape index (κ3) is 3.72. The Hall–Kier alpha value is 0.177. The molecular formula is C10H24OSi. The first kappa shape index (κ1) is 12.2. The molecule has 0 aliphatic heterocycles. The Bertz CT molecular complexity index is 91.7. The number of hydrogen-bond acceptors (Lipinski definition) is 1. The zero-order valence-corrected chi connectivity index (χ0v) is 10.6. The fraction of sp³-hybridized carbons (Fsp3) is 1.00. The largest absolute Gasteiger partial charge is 0.419 e. The van der Waals surface area contributed by atoms with E-state index in [1.807, 2.05) is 0 Å². The van der Waals surface area contributed by atoms with Crippen molar-refractivity contribution in [2.75, 3.05) is 0 Å². The molecule has 0 spiro atoms. The smallest absolute Gasteiger partial charge is 0.162 e. The summed E-state index contributed by atoms with van der Waals surface area (Å²) in [6.07, 6.45) is 4.82. The summed E-state index contributed by atoms with van der Waals surface area (Å²) >= 11 is 0. The minimum absolute atomic E-state index is 0.226. The lowest BCUT2D eigenvalue weighted by Gasteiger charge is -2.31. The van der Waals surface area contributed by atoms with Crippen molar-refractivity contribution in [3.63, 3.8) is 0 Å². The van der Waals surface area contributed by atoms with Gasteiger partial charge in [-0.25, -0.2) is 0 Å². The van der Waals surface area contributed by atoms with Crippen LogP contribution in [0.15, 0.2) is 0 Å². The molecule has 0 aromatic heterocycles. The minimum Gasteiger partial charge on any atom is -0.419 e. The van der Waals surface area contributed by atoms with Gasteiger partial charge in [-0.1, -0.05) is 34.1 Å². The van der Waals surface area contributed by atoms with Crippen LogP contribution in [0.4, 0.5) is 0 Å². The fourth-order valence-corrected chi connectivity index (χ4v) is 2.97. The zero-order chi connectivity index (χ0) is 9.45. The van der Waals surface area contributed by atoms with Crippen LogP contribution in [0.3, 0.4) is 0 Å². The Morgan fingerprint density at radius 3 is 1.83 bits per heavy atom. The predicted octanol–water partition coefficient (Wildman–Crippen LogP) is 2.88. The molecule has 0 unspecified atom stereocenters. The van der Waals surface area contributed by atoms with Crippen molar-refractivity contribution in [1.29, 1.82) is 0 Å². The molecule has 0 radical (unpaired) electrons. The molecule has 0 fully saturated rings. The molecule has 0 N–H and O–H groups in total. The van der Waals surface area contributed by atoms with Crippen molar-refractivity contribution in [2.45, 2.75) is 65.0 Å². The van der Waals surface area contributed by atoms with Crippen LogP contribution in [0, 0.1) is 0 Å². The van der Waals surface area contributed by atoms with E-state index >= 15 is 0 Å². The predicted molar refractivity (Wildman–Crippen MR) is 58.3 cm³/mol. The minimum atomic E-state index is -0.226. The summed E-state index contributed by atoms with van der Waals surface area (Å²) in [6.45, 7) is 8.97. The van der Waals surface area contributed by atoms with E-state index in [9.17, 15) is 0 Å². The molecule has 0 saturated heterocycles.